The Kier molecular flexibility index (Phi) is 4.84. The number of carbonyl (C=O) groups is 1. The first kappa shape index (κ1) is 17.9. The SMILES string of the molecule is O=C(OCCO)c1cn(C2CC2)c2cc(N3CCOCC3)c(F)cc2c1=O. The molecule has 0 spiro atoms. The number of hydrogen-bond donors (Lipinski definition) is 1. The number of pyridine rings is 1. The molecule has 4 rings (SSSR count). The highest BCUT2D eigenvalue weighted by Gasteiger charge is 2.28. The lowest BCUT2D eigenvalue weighted by molar-refractivity contribution is 0.0431. The smallest absolute Gasteiger partial charge is 0.343 e. The van der Waals surface area contributed by atoms with Gasteiger partial charge in [0.2, 0.25) is 5.43 Å². The fourth-order valence-corrected chi connectivity index (χ4v) is 3.42. The van der Waals surface area contributed by atoms with Crippen LogP contribution in [0.15, 0.2) is 23.1 Å². The highest BCUT2D eigenvalue weighted by Crippen LogP contribution is 2.38. The highest BCUT2D eigenvalue weighted by atomic mass is 19.1. The maximum absolute atomic E-state index is 14.8. The molecule has 2 aliphatic rings. The number of aliphatic hydroxyl groups is 1. The van der Waals surface area contributed by atoms with Crippen molar-refractivity contribution in [1.82, 2.24) is 4.57 Å². The molecule has 2 fully saturated rings. The van der Waals surface area contributed by atoms with Crippen molar-refractivity contribution in [2.45, 2.75) is 18.9 Å². The summed E-state index contributed by atoms with van der Waals surface area (Å²) in [4.78, 5) is 26.9. The van der Waals surface area contributed by atoms with Crippen LogP contribution in [0.2, 0.25) is 0 Å². The summed E-state index contributed by atoms with van der Waals surface area (Å²) in [5.41, 5.74) is 0.359. The number of aromatic nitrogens is 1. The molecule has 0 radical (unpaired) electrons. The molecule has 27 heavy (non-hydrogen) atoms. The zero-order valence-corrected chi connectivity index (χ0v) is 14.8. The number of morpholine rings is 1. The Bertz CT molecular complexity index is 932. The van der Waals surface area contributed by atoms with Gasteiger partial charge in [0.15, 0.2) is 0 Å². The van der Waals surface area contributed by atoms with Crippen LogP contribution in [0.5, 0.6) is 0 Å². The van der Waals surface area contributed by atoms with Gasteiger partial charge in [0, 0.05) is 30.7 Å². The van der Waals surface area contributed by atoms with E-state index in [1.807, 2.05) is 9.47 Å². The van der Waals surface area contributed by atoms with Crippen LogP contribution in [-0.4, -0.2) is 55.2 Å². The summed E-state index contributed by atoms with van der Waals surface area (Å²) < 4.78 is 26.9. The first-order valence-electron chi connectivity index (χ1n) is 9.09. The van der Waals surface area contributed by atoms with E-state index in [1.165, 1.54) is 12.3 Å². The number of benzene rings is 1. The molecular weight excluding hydrogens is 355 g/mol. The van der Waals surface area contributed by atoms with Crippen molar-refractivity contribution in [3.63, 3.8) is 0 Å². The Morgan fingerprint density at radius 2 is 2.04 bits per heavy atom. The van der Waals surface area contributed by atoms with E-state index in [0.717, 1.165) is 12.8 Å². The minimum atomic E-state index is -0.803. The molecule has 8 heteroatoms. The summed E-state index contributed by atoms with van der Waals surface area (Å²) in [6.45, 7) is 1.71. The van der Waals surface area contributed by atoms with Crippen LogP contribution in [0.25, 0.3) is 10.9 Å². The van der Waals surface area contributed by atoms with Gasteiger partial charge < -0.3 is 24.0 Å². The third kappa shape index (κ3) is 3.42. The van der Waals surface area contributed by atoms with E-state index in [9.17, 15) is 14.0 Å². The average molecular weight is 376 g/mol. The van der Waals surface area contributed by atoms with Crippen molar-refractivity contribution < 1.29 is 23.8 Å². The molecule has 1 aliphatic carbocycles. The minimum Gasteiger partial charge on any atom is -0.460 e. The molecule has 1 N–H and O–H groups in total. The van der Waals surface area contributed by atoms with Gasteiger partial charge in [0.25, 0.3) is 0 Å². The van der Waals surface area contributed by atoms with E-state index < -0.39 is 17.2 Å². The van der Waals surface area contributed by atoms with Crippen molar-refractivity contribution in [1.29, 1.82) is 0 Å². The number of halogens is 1. The lowest BCUT2D eigenvalue weighted by Gasteiger charge is -2.29. The van der Waals surface area contributed by atoms with E-state index >= 15 is 0 Å². The highest BCUT2D eigenvalue weighted by molar-refractivity contribution is 5.94. The van der Waals surface area contributed by atoms with E-state index in [-0.39, 0.29) is 30.2 Å². The van der Waals surface area contributed by atoms with E-state index in [2.05, 4.69) is 0 Å². The quantitative estimate of drug-likeness (QED) is 0.796. The topological polar surface area (TPSA) is 81.0 Å². The molecule has 1 aliphatic heterocycles. The second kappa shape index (κ2) is 7.28. The molecule has 2 aromatic rings. The maximum Gasteiger partial charge on any atom is 0.343 e. The van der Waals surface area contributed by atoms with Gasteiger partial charge in [0.1, 0.15) is 18.0 Å². The molecule has 1 aromatic heterocycles. The molecule has 7 nitrogen and oxygen atoms in total. The van der Waals surface area contributed by atoms with Gasteiger partial charge in [-0.1, -0.05) is 0 Å². The van der Waals surface area contributed by atoms with Crippen LogP contribution in [0.3, 0.4) is 0 Å². The lowest BCUT2D eigenvalue weighted by atomic mass is 10.1. The largest absolute Gasteiger partial charge is 0.460 e. The molecule has 0 atom stereocenters. The summed E-state index contributed by atoms with van der Waals surface area (Å²) in [6, 6.07) is 3.09. The van der Waals surface area contributed by atoms with Crippen LogP contribution >= 0.6 is 0 Å². The number of ether oxygens (including phenoxy) is 2. The first-order chi connectivity index (χ1) is 13.1. The van der Waals surface area contributed by atoms with Crippen LogP contribution in [0, 0.1) is 5.82 Å². The fraction of sp³-hybridized carbons (Fsp3) is 0.474. The van der Waals surface area contributed by atoms with Crippen LogP contribution < -0.4 is 10.3 Å². The second-order valence-corrected chi connectivity index (χ2v) is 6.79. The summed E-state index contributed by atoms with van der Waals surface area (Å²) in [7, 11) is 0. The predicted molar refractivity (Wildman–Crippen MR) is 96.8 cm³/mol. The van der Waals surface area contributed by atoms with Crippen molar-refractivity contribution in [3.05, 3.63) is 39.9 Å². The monoisotopic (exact) mass is 376 g/mol. The number of fused-ring (bicyclic) bond motifs is 1. The Hall–Kier alpha value is -2.45. The zero-order chi connectivity index (χ0) is 19.0. The van der Waals surface area contributed by atoms with Gasteiger partial charge in [0.05, 0.1) is 31.0 Å². The molecule has 1 aromatic carbocycles. The molecule has 2 heterocycles. The Balaban J connectivity index is 1.85. The van der Waals surface area contributed by atoms with Crippen LogP contribution in [0.4, 0.5) is 10.1 Å². The molecular formula is C19H21FN2O5. The van der Waals surface area contributed by atoms with Gasteiger partial charge in [-0.3, -0.25) is 4.79 Å². The first-order valence-corrected chi connectivity index (χ1v) is 9.09. The minimum absolute atomic E-state index is 0.138. The molecule has 1 saturated carbocycles. The van der Waals surface area contributed by atoms with Gasteiger partial charge >= 0.3 is 5.97 Å². The third-order valence-corrected chi connectivity index (χ3v) is 4.94. The van der Waals surface area contributed by atoms with Crippen molar-refractivity contribution >= 4 is 22.6 Å². The number of carbonyl (C=O) groups excluding carboxylic acids is 1. The maximum atomic E-state index is 14.8. The van der Waals surface area contributed by atoms with Gasteiger partial charge in [-0.2, -0.15) is 0 Å². The summed E-state index contributed by atoms with van der Waals surface area (Å²) in [5, 5.41) is 8.98. The third-order valence-electron chi connectivity index (χ3n) is 4.94. The summed E-state index contributed by atoms with van der Waals surface area (Å²) in [6.07, 6.45) is 3.38. The molecule has 1 saturated heterocycles. The van der Waals surface area contributed by atoms with Crippen LogP contribution in [0.1, 0.15) is 29.2 Å². The lowest BCUT2D eigenvalue weighted by Crippen LogP contribution is -2.36. The summed E-state index contributed by atoms with van der Waals surface area (Å²) in [5.74, 6) is -1.30. The van der Waals surface area contributed by atoms with Gasteiger partial charge in [-0.05, 0) is 25.0 Å². The van der Waals surface area contributed by atoms with Crippen molar-refractivity contribution in [2.24, 2.45) is 0 Å². The van der Waals surface area contributed by atoms with Crippen molar-refractivity contribution in [3.8, 4) is 0 Å². The normalized spacial score (nSPS) is 17.3. The zero-order valence-electron chi connectivity index (χ0n) is 14.8. The standard InChI is InChI=1S/C19H21FN2O5/c20-15-9-13-16(10-17(15)21-3-6-26-7-4-21)22(12-1-2-12)11-14(18(13)24)19(25)27-8-5-23/h9-12,23H,1-8H2. The number of esters is 1. The number of hydrogen-bond acceptors (Lipinski definition) is 6. The average Bonchev–Trinajstić information content (AvgIpc) is 3.52. The molecule has 0 bridgehead atoms. The van der Waals surface area contributed by atoms with E-state index in [4.69, 9.17) is 14.6 Å². The van der Waals surface area contributed by atoms with Gasteiger partial charge in [-0.15, -0.1) is 0 Å². The molecule has 144 valence electrons. The number of anilines is 1. The Morgan fingerprint density at radius 3 is 2.70 bits per heavy atom. The van der Waals surface area contributed by atoms with Crippen molar-refractivity contribution in [2.75, 3.05) is 44.4 Å². The Labute approximate surface area is 154 Å². The predicted octanol–water partition coefficient (Wildman–Crippen LogP) is 1.46. The summed E-state index contributed by atoms with van der Waals surface area (Å²) >= 11 is 0. The number of rotatable bonds is 5. The number of aliphatic hydroxyl groups excluding tert-OH is 1. The van der Waals surface area contributed by atoms with Gasteiger partial charge in [-0.25, -0.2) is 9.18 Å². The molecule has 0 unspecified atom stereocenters. The van der Waals surface area contributed by atoms with E-state index in [1.54, 1.807) is 6.07 Å². The Morgan fingerprint density at radius 1 is 1.30 bits per heavy atom. The van der Waals surface area contributed by atoms with E-state index in [0.29, 0.717) is 37.5 Å². The second-order valence-electron chi connectivity index (χ2n) is 6.79. The van der Waals surface area contributed by atoms with Crippen LogP contribution in [-0.2, 0) is 9.47 Å². The molecule has 0 amide bonds. The fourth-order valence-electron chi connectivity index (χ4n) is 3.42. The number of nitrogens with zero attached hydrogens (tertiary/aromatic N) is 2.